The molecule has 0 aliphatic carbocycles. The SMILES string of the molecule is CCC1(CC)CCN(C(CN)c2cnn(C(C)C)c2)CC1. The summed E-state index contributed by atoms with van der Waals surface area (Å²) in [6, 6.07) is 0.732. The molecule has 21 heavy (non-hydrogen) atoms. The Morgan fingerprint density at radius 3 is 2.29 bits per heavy atom. The predicted molar refractivity (Wildman–Crippen MR) is 88.2 cm³/mol. The second-order valence-electron chi connectivity index (χ2n) is 6.84. The van der Waals surface area contributed by atoms with E-state index < -0.39 is 0 Å². The van der Waals surface area contributed by atoms with Crippen LogP contribution in [0.4, 0.5) is 0 Å². The fourth-order valence-corrected chi connectivity index (χ4v) is 3.57. The number of likely N-dealkylation sites (tertiary alicyclic amines) is 1. The fraction of sp³-hybridized carbons (Fsp3) is 0.824. The molecule has 2 N–H and O–H groups in total. The number of piperidine rings is 1. The van der Waals surface area contributed by atoms with E-state index >= 15 is 0 Å². The third-order valence-corrected chi connectivity index (χ3v) is 5.56. The Balaban J connectivity index is 2.05. The predicted octanol–water partition coefficient (Wildman–Crippen LogP) is 3.37. The van der Waals surface area contributed by atoms with Gasteiger partial charge in [-0.2, -0.15) is 5.10 Å². The lowest BCUT2D eigenvalue weighted by Gasteiger charge is -2.43. The molecule has 120 valence electrons. The van der Waals surface area contributed by atoms with Crippen LogP contribution in [0.1, 0.15) is 71.0 Å². The van der Waals surface area contributed by atoms with Gasteiger partial charge in [-0.05, 0) is 45.2 Å². The number of hydrogen-bond acceptors (Lipinski definition) is 3. The van der Waals surface area contributed by atoms with E-state index in [0.29, 0.717) is 24.0 Å². The Kier molecular flexibility index (Phi) is 5.44. The highest BCUT2D eigenvalue weighted by atomic mass is 15.3. The molecule has 1 aromatic heterocycles. The molecule has 0 bridgehead atoms. The summed E-state index contributed by atoms with van der Waals surface area (Å²) in [4.78, 5) is 2.56. The van der Waals surface area contributed by atoms with Crippen molar-refractivity contribution in [3.8, 4) is 0 Å². The van der Waals surface area contributed by atoms with Crippen LogP contribution < -0.4 is 5.73 Å². The van der Waals surface area contributed by atoms with E-state index in [2.05, 4.69) is 43.9 Å². The van der Waals surface area contributed by atoms with Gasteiger partial charge in [0.25, 0.3) is 0 Å². The van der Waals surface area contributed by atoms with Crippen LogP contribution in [0, 0.1) is 5.41 Å². The first-order valence-electron chi connectivity index (χ1n) is 8.53. The van der Waals surface area contributed by atoms with E-state index in [1.165, 1.54) is 31.2 Å². The van der Waals surface area contributed by atoms with E-state index in [4.69, 9.17) is 5.73 Å². The lowest BCUT2D eigenvalue weighted by molar-refractivity contribution is 0.0679. The van der Waals surface area contributed by atoms with Crippen molar-refractivity contribution in [3.05, 3.63) is 18.0 Å². The van der Waals surface area contributed by atoms with Gasteiger partial charge in [0.15, 0.2) is 0 Å². The van der Waals surface area contributed by atoms with Crippen LogP contribution in [0.15, 0.2) is 12.4 Å². The molecule has 1 aliphatic rings. The van der Waals surface area contributed by atoms with Crippen LogP contribution in [0.5, 0.6) is 0 Å². The van der Waals surface area contributed by atoms with Gasteiger partial charge in [0.1, 0.15) is 0 Å². The minimum Gasteiger partial charge on any atom is -0.329 e. The van der Waals surface area contributed by atoms with Crippen molar-refractivity contribution in [2.24, 2.45) is 11.1 Å². The van der Waals surface area contributed by atoms with Crippen molar-refractivity contribution >= 4 is 0 Å². The number of nitrogens with two attached hydrogens (primary N) is 1. The van der Waals surface area contributed by atoms with Gasteiger partial charge in [-0.15, -0.1) is 0 Å². The molecule has 1 atom stereocenters. The zero-order valence-corrected chi connectivity index (χ0v) is 14.2. The lowest BCUT2D eigenvalue weighted by atomic mass is 9.74. The van der Waals surface area contributed by atoms with Crippen LogP contribution in [0.2, 0.25) is 0 Å². The highest BCUT2D eigenvalue weighted by molar-refractivity contribution is 5.12. The van der Waals surface area contributed by atoms with Gasteiger partial charge >= 0.3 is 0 Å². The maximum Gasteiger partial charge on any atom is 0.0538 e. The van der Waals surface area contributed by atoms with E-state index in [1.54, 1.807) is 0 Å². The molecule has 0 saturated carbocycles. The highest BCUT2D eigenvalue weighted by Gasteiger charge is 2.34. The minimum absolute atomic E-state index is 0.323. The molecule has 1 unspecified atom stereocenters. The van der Waals surface area contributed by atoms with E-state index in [9.17, 15) is 0 Å². The van der Waals surface area contributed by atoms with Crippen molar-refractivity contribution in [1.82, 2.24) is 14.7 Å². The zero-order chi connectivity index (χ0) is 15.5. The van der Waals surface area contributed by atoms with Gasteiger partial charge < -0.3 is 5.73 Å². The highest BCUT2D eigenvalue weighted by Crippen LogP contribution is 2.39. The Labute approximate surface area is 129 Å². The van der Waals surface area contributed by atoms with Gasteiger partial charge in [0.05, 0.1) is 12.2 Å². The lowest BCUT2D eigenvalue weighted by Crippen LogP contribution is -2.43. The topological polar surface area (TPSA) is 47.1 Å². The maximum absolute atomic E-state index is 6.07. The number of aromatic nitrogens is 2. The van der Waals surface area contributed by atoms with Crippen molar-refractivity contribution in [1.29, 1.82) is 0 Å². The average molecular weight is 292 g/mol. The molecule has 0 radical (unpaired) electrons. The maximum atomic E-state index is 6.07. The summed E-state index contributed by atoms with van der Waals surface area (Å²) < 4.78 is 2.03. The summed E-state index contributed by atoms with van der Waals surface area (Å²) >= 11 is 0. The van der Waals surface area contributed by atoms with Crippen molar-refractivity contribution < 1.29 is 0 Å². The molecular formula is C17H32N4. The quantitative estimate of drug-likeness (QED) is 0.874. The van der Waals surface area contributed by atoms with Crippen LogP contribution >= 0.6 is 0 Å². The van der Waals surface area contributed by atoms with Crippen molar-refractivity contribution in [2.75, 3.05) is 19.6 Å². The monoisotopic (exact) mass is 292 g/mol. The average Bonchev–Trinajstić information content (AvgIpc) is 2.99. The van der Waals surface area contributed by atoms with Gasteiger partial charge in [-0.25, -0.2) is 0 Å². The van der Waals surface area contributed by atoms with Gasteiger partial charge in [0, 0.05) is 24.3 Å². The molecule has 2 rings (SSSR count). The van der Waals surface area contributed by atoms with Crippen molar-refractivity contribution in [3.63, 3.8) is 0 Å². The van der Waals surface area contributed by atoms with Crippen LogP contribution in [-0.2, 0) is 0 Å². The third kappa shape index (κ3) is 3.49. The van der Waals surface area contributed by atoms with E-state index in [1.807, 2.05) is 10.9 Å². The second kappa shape index (κ2) is 6.93. The normalized spacial score (nSPS) is 20.9. The minimum atomic E-state index is 0.323. The standard InChI is InChI=1S/C17H32N4/c1-5-17(6-2)7-9-20(10-8-17)16(11-18)15-12-19-21(13-15)14(3)4/h12-14,16H,5-11,18H2,1-4H3. The summed E-state index contributed by atoms with van der Waals surface area (Å²) in [7, 11) is 0. The Bertz CT molecular complexity index is 424. The second-order valence-corrected chi connectivity index (χ2v) is 6.84. The molecule has 0 aromatic carbocycles. The first-order valence-corrected chi connectivity index (χ1v) is 8.53. The molecule has 2 heterocycles. The van der Waals surface area contributed by atoms with Crippen LogP contribution in [-0.4, -0.2) is 34.3 Å². The van der Waals surface area contributed by atoms with E-state index in [-0.39, 0.29) is 0 Å². The molecule has 0 amide bonds. The smallest absolute Gasteiger partial charge is 0.0538 e. The molecule has 1 aromatic rings. The summed E-state index contributed by atoms with van der Waals surface area (Å²) in [5.41, 5.74) is 7.91. The number of nitrogens with zero attached hydrogens (tertiary/aromatic N) is 3. The Hall–Kier alpha value is -0.870. The van der Waals surface area contributed by atoms with Crippen LogP contribution in [0.25, 0.3) is 0 Å². The summed E-state index contributed by atoms with van der Waals surface area (Å²) in [6.07, 6.45) is 9.37. The summed E-state index contributed by atoms with van der Waals surface area (Å²) in [5, 5.41) is 4.47. The fourth-order valence-electron chi connectivity index (χ4n) is 3.57. The summed E-state index contributed by atoms with van der Waals surface area (Å²) in [5.74, 6) is 0. The zero-order valence-electron chi connectivity index (χ0n) is 14.2. The van der Waals surface area contributed by atoms with Gasteiger partial charge in [0.2, 0.25) is 0 Å². The van der Waals surface area contributed by atoms with Gasteiger partial charge in [-0.3, -0.25) is 9.58 Å². The van der Waals surface area contributed by atoms with Crippen molar-refractivity contribution in [2.45, 2.75) is 65.5 Å². The third-order valence-electron chi connectivity index (χ3n) is 5.56. The number of hydrogen-bond donors (Lipinski definition) is 1. The Morgan fingerprint density at radius 2 is 1.86 bits per heavy atom. The first kappa shape index (κ1) is 16.5. The first-order chi connectivity index (χ1) is 10.0. The molecular weight excluding hydrogens is 260 g/mol. The van der Waals surface area contributed by atoms with Gasteiger partial charge in [-0.1, -0.05) is 26.7 Å². The molecule has 0 spiro atoms. The van der Waals surface area contributed by atoms with E-state index in [0.717, 1.165) is 13.1 Å². The molecule has 4 heteroatoms. The number of rotatable bonds is 6. The Morgan fingerprint density at radius 1 is 1.24 bits per heavy atom. The molecule has 1 aliphatic heterocycles. The molecule has 4 nitrogen and oxygen atoms in total. The molecule has 1 fully saturated rings. The summed E-state index contributed by atoms with van der Waals surface area (Å²) in [6.45, 7) is 12.0. The van der Waals surface area contributed by atoms with Crippen LogP contribution in [0.3, 0.4) is 0 Å². The molecule has 1 saturated heterocycles. The largest absolute Gasteiger partial charge is 0.329 e.